The summed E-state index contributed by atoms with van der Waals surface area (Å²) < 4.78 is 0. The predicted molar refractivity (Wildman–Crippen MR) is 37.7 cm³/mol. The predicted octanol–water partition coefficient (Wildman–Crippen LogP) is -0.659. The van der Waals surface area contributed by atoms with E-state index in [1.165, 1.54) is 32.5 Å². The second kappa shape index (κ2) is 3.85. The number of hydrogen-bond acceptors (Lipinski definition) is 1. The van der Waals surface area contributed by atoms with Gasteiger partial charge in [0.1, 0.15) is 0 Å². The van der Waals surface area contributed by atoms with Crippen molar-refractivity contribution in [1.82, 2.24) is 5.32 Å². The van der Waals surface area contributed by atoms with Crippen LogP contribution in [0.15, 0.2) is 0 Å². The number of nitrogens with one attached hydrogen (secondary N) is 1. The molecule has 0 saturated carbocycles. The molecular formula is C7H16N2. The van der Waals surface area contributed by atoms with Crippen LogP contribution in [0.25, 0.3) is 0 Å². The first-order valence-electron chi connectivity index (χ1n) is 3.75. The van der Waals surface area contributed by atoms with Crippen molar-refractivity contribution in [1.29, 1.82) is 0 Å². The summed E-state index contributed by atoms with van der Waals surface area (Å²) in [5.74, 6) is 0.920. The van der Waals surface area contributed by atoms with Crippen molar-refractivity contribution in [2.45, 2.75) is 12.8 Å². The Bertz CT molecular complexity index is 64.6. The van der Waals surface area contributed by atoms with Crippen LogP contribution in [-0.4, -0.2) is 19.6 Å². The molecule has 0 spiro atoms. The van der Waals surface area contributed by atoms with Gasteiger partial charge in [-0.2, -0.15) is 7.05 Å². The van der Waals surface area contributed by atoms with Crippen LogP contribution < -0.4 is 10.6 Å². The summed E-state index contributed by atoms with van der Waals surface area (Å²) in [5.41, 5.74) is 0. The van der Waals surface area contributed by atoms with Crippen molar-refractivity contribution in [2.24, 2.45) is 5.92 Å². The maximum atomic E-state index is 3.73. The van der Waals surface area contributed by atoms with Crippen LogP contribution in [0.2, 0.25) is 0 Å². The average molecular weight is 128 g/mol. The molecule has 9 heavy (non-hydrogen) atoms. The summed E-state index contributed by atoms with van der Waals surface area (Å²) in [5, 5.41) is 5.38. The molecule has 0 amide bonds. The fraction of sp³-hybridized carbons (Fsp3) is 0.857. The summed E-state index contributed by atoms with van der Waals surface area (Å²) in [4.78, 5) is 0. The third-order valence-corrected chi connectivity index (χ3v) is 1.96. The third-order valence-electron chi connectivity index (χ3n) is 1.96. The Morgan fingerprint density at radius 2 is 2.11 bits per heavy atom. The Labute approximate surface area is 57.0 Å². The van der Waals surface area contributed by atoms with Crippen molar-refractivity contribution in [3.63, 3.8) is 0 Å². The van der Waals surface area contributed by atoms with Gasteiger partial charge in [0.2, 0.25) is 0 Å². The number of rotatable bonds is 2. The van der Waals surface area contributed by atoms with Crippen LogP contribution in [0.1, 0.15) is 12.8 Å². The van der Waals surface area contributed by atoms with Crippen molar-refractivity contribution in [3.8, 4) is 0 Å². The van der Waals surface area contributed by atoms with E-state index in [0.717, 1.165) is 5.92 Å². The normalized spacial score (nSPS) is 22.3. The van der Waals surface area contributed by atoms with E-state index in [4.69, 9.17) is 0 Å². The SMILES string of the molecule is [CH2-][NH2+]CC1CCNCC1. The second-order valence-corrected chi connectivity index (χ2v) is 2.72. The molecule has 2 nitrogen and oxygen atoms in total. The number of piperidine rings is 1. The van der Waals surface area contributed by atoms with Gasteiger partial charge in [-0.25, -0.2) is 0 Å². The monoisotopic (exact) mass is 128 g/mol. The lowest BCUT2D eigenvalue weighted by atomic mass is 9.98. The van der Waals surface area contributed by atoms with Gasteiger partial charge in [0.15, 0.2) is 0 Å². The smallest absolute Gasteiger partial charge is 0.0545 e. The number of nitrogens with two attached hydrogens (primary N) is 1. The molecule has 0 aliphatic carbocycles. The molecule has 0 aromatic carbocycles. The Hall–Kier alpha value is -0.0800. The van der Waals surface area contributed by atoms with E-state index in [9.17, 15) is 0 Å². The average Bonchev–Trinajstić information content (AvgIpc) is 1.91. The van der Waals surface area contributed by atoms with Crippen molar-refractivity contribution >= 4 is 0 Å². The van der Waals surface area contributed by atoms with Crippen LogP contribution in [0.5, 0.6) is 0 Å². The third kappa shape index (κ3) is 2.33. The second-order valence-electron chi connectivity index (χ2n) is 2.72. The molecule has 3 N–H and O–H groups in total. The summed E-state index contributed by atoms with van der Waals surface area (Å²) in [6.45, 7) is 3.62. The summed E-state index contributed by atoms with van der Waals surface area (Å²) in [6, 6.07) is 0. The number of hydrogen-bond donors (Lipinski definition) is 2. The topological polar surface area (TPSA) is 28.6 Å². The molecule has 0 bridgehead atoms. The zero-order chi connectivity index (χ0) is 6.53. The summed E-state index contributed by atoms with van der Waals surface area (Å²) in [6.07, 6.45) is 2.68. The van der Waals surface area contributed by atoms with E-state index in [-0.39, 0.29) is 0 Å². The maximum Gasteiger partial charge on any atom is 0.0545 e. The van der Waals surface area contributed by atoms with Gasteiger partial charge in [-0.1, -0.05) is 0 Å². The lowest BCUT2D eigenvalue weighted by Gasteiger charge is -2.21. The Kier molecular flexibility index (Phi) is 3.01. The summed E-state index contributed by atoms with van der Waals surface area (Å²) >= 11 is 0. The quantitative estimate of drug-likeness (QED) is 0.475. The Balaban J connectivity index is 2.08. The summed E-state index contributed by atoms with van der Waals surface area (Å²) in [7, 11) is 3.73. The standard InChI is InChI=1S/C7H16N2/c1-8-6-7-2-4-9-5-3-7/h7,9H,1-6,8H2. The van der Waals surface area contributed by atoms with Crippen molar-refractivity contribution in [2.75, 3.05) is 19.6 Å². The molecule has 0 unspecified atom stereocenters. The Morgan fingerprint density at radius 1 is 1.44 bits per heavy atom. The van der Waals surface area contributed by atoms with E-state index >= 15 is 0 Å². The van der Waals surface area contributed by atoms with E-state index in [2.05, 4.69) is 12.4 Å². The van der Waals surface area contributed by atoms with Crippen LogP contribution in [0.3, 0.4) is 0 Å². The molecule has 1 heterocycles. The highest BCUT2D eigenvalue weighted by molar-refractivity contribution is 4.66. The molecule has 2 heteroatoms. The molecule has 1 rings (SSSR count). The fourth-order valence-electron chi connectivity index (χ4n) is 1.35. The molecule has 1 fully saturated rings. The van der Waals surface area contributed by atoms with Gasteiger partial charge in [0, 0.05) is 5.92 Å². The minimum Gasteiger partial charge on any atom is -0.479 e. The van der Waals surface area contributed by atoms with Crippen LogP contribution >= 0.6 is 0 Å². The lowest BCUT2D eigenvalue weighted by molar-refractivity contribution is -0.602. The Morgan fingerprint density at radius 3 is 2.67 bits per heavy atom. The molecule has 54 valence electrons. The van der Waals surface area contributed by atoms with E-state index in [1.807, 2.05) is 5.32 Å². The molecule has 0 atom stereocenters. The van der Waals surface area contributed by atoms with Crippen molar-refractivity contribution < 1.29 is 5.32 Å². The van der Waals surface area contributed by atoms with E-state index in [1.54, 1.807) is 0 Å². The molecule has 1 aliphatic heterocycles. The maximum absolute atomic E-state index is 3.73. The first-order valence-corrected chi connectivity index (χ1v) is 3.75. The highest BCUT2D eigenvalue weighted by Gasteiger charge is 2.11. The van der Waals surface area contributed by atoms with Gasteiger partial charge in [-0.3, -0.25) is 0 Å². The first-order chi connectivity index (χ1) is 4.43. The highest BCUT2D eigenvalue weighted by atomic mass is 14.9. The van der Waals surface area contributed by atoms with Crippen LogP contribution in [0, 0.1) is 13.0 Å². The largest absolute Gasteiger partial charge is 0.479 e. The molecular weight excluding hydrogens is 112 g/mol. The highest BCUT2D eigenvalue weighted by Crippen LogP contribution is 2.07. The minimum absolute atomic E-state index is 0.920. The molecule has 0 radical (unpaired) electrons. The van der Waals surface area contributed by atoms with Gasteiger partial charge < -0.3 is 10.6 Å². The molecule has 0 aromatic heterocycles. The lowest BCUT2D eigenvalue weighted by Crippen LogP contribution is -2.78. The minimum atomic E-state index is 0.920. The fourth-order valence-corrected chi connectivity index (χ4v) is 1.35. The van der Waals surface area contributed by atoms with Gasteiger partial charge in [0.25, 0.3) is 0 Å². The zero-order valence-electron chi connectivity index (χ0n) is 5.90. The number of quaternary nitrogens is 1. The zero-order valence-corrected chi connectivity index (χ0v) is 5.90. The van der Waals surface area contributed by atoms with Crippen molar-refractivity contribution in [3.05, 3.63) is 7.05 Å². The molecule has 1 aliphatic rings. The van der Waals surface area contributed by atoms with Crippen LogP contribution in [0.4, 0.5) is 0 Å². The van der Waals surface area contributed by atoms with Gasteiger partial charge in [-0.05, 0) is 25.9 Å². The van der Waals surface area contributed by atoms with E-state index in [0.29, 0.717) is 0 Å². The van der Waals surface area contributed by atoms with Gasteiger partial charge in [-0.15, -0.1) is 0 Å². The van der Waals surface area contributed by atoms with E-state index < -0.39 is 0 Å². The van der Waals surface area contributed by atoms with Gasteiger partial charge >= 0.3 is 0 Å². The molecule has 1 saturated heterocycles. The first kappa shape index (κ1) is 7.03. The molecule has 0 aromatic rings. The van der Waals surface area contributed by atoms with Crippen LogP contribution in [-0.2, 0) is 0 Å². The van der Waals surface area contributed by atoms with Gasteiger partial charge in [0.05, 0.1) is 6.54 Å².